The number of aliphatic hydroxyl groups is 1. The highest BCUT2D eigenvalue weighted by atomic mass is 16.3. The van der Waals surface area contributed by atoms with Crippen molar-refractivity contribution < 1.29 is 5.11 Å². The number of aliphatic hydroxyl groups excluding tert-OH is 1. The van der Waals surface area contributed by atoms with Crippen LogP contribution in [-0.4, -0.2) is 5.11 Å². The van der Waals surface area contributed by atoms with Gasteiger partial charge in [-0.05, 0) is 0 Å². The predicted octanol–water partition coefficient (Wildman–Crippen LogP) is 1.60. The standard InChI is InChI=1S/C7H3NO/c1-8-6-3-2-4-7(9)5-6/h3-5H/p+1. The van der Waals surface area contributed by atoms with Crippen LogP contribution in [0.15, 0.2) is 29.7 Å². The van der Waals surface area contributed by atoms with Gasteiger partial charge in [0.15, 0.2) is 12.2 Å². The monoisotopic (exact) mass is 118 g/mol. The number of rotatable bonds is 0. The summed E-state index contributed by atoms with van der Waals surface area (Å²) in [6.07, 6.45) is 6.94. The predicted molar refractivity (Wildman–Crippen MR) is 33.2 cm³/mol. The summed E-state index contributed by atoms with van der Waals surface area (Å²) in [5.74, 6) is 0.0866. The maximum atomic E-state index is 8.77. The molecule has 0 saturated carbocycles. The van der Waals surface area contributed by atoms with E-state index in [0.717, 1.165) is 0 Å². The number of allylic oxidation sites excluding steroid dienone is 4. The van der Waals surface area contributed by atoms with Crippen molar-refractivity contribution in [3.8, 4) is 0 Å². The quantitative estimate of drug-likeness (QED) is 0.480. The molecule has 0 atom stereocenters. The molecular formula is C7H4NO+. The van der Waals surface area contributed by atoms with Crippen molar-refractivity contribution in [1.29, 1.82) is 0 Å². The van der Waals surface area contributed by atoms with E-state index in [-0.39, 0.29) is 5.76 Å². The number of hydrogen-bond donors (Lipinski definition) is 1. The van der Waals surface area contributed by atoms with Crippen molar-refractivity contribution in [3.63, 3.8) is 0 Å². The molecule has 0 spiro atoms. The molecule has 2 nitrogen and oxygen atoms in total. The Balaban J connectivity index is 2.95. The van der Waals surface area contributed by atoms with Gasteiger partial charge in [0.2, 0.25) is 5.76 Å². The summed E-state index contributed by atoms with van der Waals surface area (Å²) < 4.78 is 0. The van der Waals surface area contributed by atoms with Crippen molar-refractivity contribution in [1.82, 2.24) is 0 Å². The van der Waals surface area contributed by atoms with E-state index in [0.29, 0.717) is 5.70 Å². The van der Waals surface area contributed by atoms with Crippen LogP contribution >= 0.6 is 0 Å². The first-order chi connectivity index (χ1) is 4.33. The largest absolute Gasteiger partial charge is 0.448 e. The molecule has 0 fully saturated rings. The van der Waals surface area contributed by atoms with Crippen LogP contribution in [0.4, 0.5) is 0 Å². The zero-order valence-corrected chi connectivity index (χ0v) is 4.63. The molecule has 0 heterocycles. The first-order valence-corrected chi connectivity index (χ1v) is 2.40. The minimum Gasteiger partial charge on any atom is -0.448 e. The summed E-state index contributed by atoms with van der Waals surface area (Å²) >= 11 is 0. The van der Waals surface area contributed by atoms with Crippen molar-refractivity contribution in [2.75, 3.05) is 0 Å². The molecule has 0 aromatic carbocycles. The SMILES string of the molecule is [C-]#[N+]C1=CC(O)=C[C+]=C1. The Bertz CT molecular complexity index is 240. The normalized spacial score (nSPS) is 15.0. The molecule has 0 saturated heterocycles. The second-order valence-corrected chi connectivity index (χ2v) is 1.56. The van der Waals surface area contributed by atoms with E-state index in [1.165, 1.54) is 18.2 Å². The van der Waals surface area contributed by atoms with E-state index in [1.807, 2.05) is 0 Å². The van der Waals surface area contributed by atoms with Gasteiger partial charge >= 0.3 is 5.70 Å². The average molecular weight is 118 g/mol. The molecule has 0 unspecified atom stereocenters. The molecule has 42 valence electrons. The van der Waals surface area contributed by atoms with Crippen LogP contribution in [0.2, 0.25) is 0 Å². The Hall–Kier alpha value is -1.58. The molecule has 0 aliphatic heterocycles. The summed E-state index contributed by atoms with van der Waals surface area (Å²) in [7, 11) is 0. The van der Waals surface area contributed by atoms with Gasteiger partial charge in [-0.1, -0.05) is 4.85 Å². The van der Waals surface area contributed by atoms with E-state index in [1.54, 1.807) is 0 Å². The molecule has 1 rings (SSSR count). The van der Waals surface area contributed by atoms with Gasteiger partial charge in [-0.15, -0.1) is 0 Å². The van der Waals surface area contributed by atoms with Crippen molar-refractivity contribution in [2.45, 2.75) is 0 Å². The van der Waals surface area contributed by atoms with Crippen LogP contribution < -0.4 is 0 Å². The Labute approximate surface area is 53.3 Å². The van der Waals surface area contributed by atoms with Crippen LogP contribution in [0.25, 0.3) is 4.85 Å². The Kier molecular flexibility index (Phi) is 1.31. The molecule has 0 radical (unpaired) electrons. The van der Waals surface area contributed by atoms with Gasteiger partial charge in [0.25, 0.3) is 0 Å². The lowest BCUT2D eigenvalue weighted by molar-refractivity contribution is 0.431. The maximum absolute atomic E-state index is 8.77. The van der Waals surface area contributed by atoms with E-state index in [2.05, 4.69) is 10.9 Å². The fourth-order valence-electron chi connectivity index (χ4n) is 0.512. The van der Waals surface area contributed by atoms with E-state index >= 15 is 0 Å². The Morgan fingerprint density at radius 3 is 2.89 bits per heavy atom. The molecule has 1 N–H and O–H groups in total. The molecular weight excluding hydrogens is 114 g/mol. The lowest BCUT2D eigenvalue weighted by atomic mass is 10.2. The first kappa shape index (κ1) is 5.55. The van der Waals surface area contributed by atoms with Crippen molar-refractivity contribution in [3.05, 3.63) is 47.2 Å². The maximum Gasteiger partial charge on any atom is 0.427 e. The molecule has 1 aliphatic rings. The third-order valence-electron chi connectivity index (χ3n) is 0.887. The summed E-state index contributed by atoms with van der Waals surface area (Å²) in [5.41, 5.74) is 0.412. The fourth-order valence-corrected chi connectivity index (χ4v) is 0.512. The van der Waals surface area contributed by atoms with E-state index in [4.69, 9.17) is 11.7 Å². The molecule has 0 bridgehead atoms. The second-order valence-electron chi connectivity index (χ2n) is 1.56. The molecule has 0 aromatic rings. The van der Waals surface area contributed by atoms with Gasteiger partial charge in [0, 0.05) is 0 Å². The third-order valence-corrected chi connectivity index (χ3v) is 0.887. The molecule has 0 aromatic heterocycles. The Morgan fingerprint density at radius 1 is 1.67 bits per heavy atom. The third kappa shape index (κ3) is 1.16. The number of hydrogen-bond acceptors (Lipinski definition) is 1. The van der Waals surface area contributed by atoms with Gasteiger partial charge in [0.1, 0.15) is 12.6 Å². The van der Waals surface area contributed by atoms with Gasteiger partial charge < -0.3 is 5.11 Å². The molecule has 9 heavy (non-hydrogen) atoms. The summed E-state index contributed by atoms with van der Waals surface area (Å²) in [5, 5.41) is 8.77. The summed E-state index contributed by atoms with van der Waals surface area (Å²) in [6.45, 7) is 6.53. The summed E-state index contributed by atoms with van der Waals surface area (Å²) in [4.78, 5) is 3.09. The van der Waals surface area contributed by atoms with E-state index in [9.17, 15) is 0 Å². The van der Waals surface area contributed by atoms with Gasteiger partial charge in [-0.2, -0.15) is 0 Å². The highest BCUT2D eigenvalue weighted by Crippen LogP contribution is 2.07. The Morgan fingerprint density at radius 2 is 2.44 bits per heavy atom. The molecule has 1 aliphatic carbocycles. The van der Waals surface area contributed by atoms with Gasteiger partial charge in [-0.3, -0.25) is 0 Å². The van der Waals surface area contributed by atoms with Crippen LogP contribution in [0.5, 0.6) is 0 Å². The average Bonchev–Trinajstić information content (AvgIpc) is 1.88. The minimum absolute atomic E-state index is 0.0866. The zero-order valence-electron chi connectivity index (χ0n) is 4.63. The zero-order chi connectivity index (χ0) is 6.69. The van der Waals surface area contributed by atoms with Crippen LogP contribution in [0.1, 0.15) is 0 Å². The smallest absolute Gasteiger partial charge is 0.427 e. The molecule has 2 heteroatoms. The second kappa shape index (κ2) is 2.13. The first-order valence-electron chi connectivity index (χ1n) is 2.40. The van der Waals surface area contributed by atoms with Crippen molar-refractivity contribution >= 4 is 0 Å². The van der Waals surface area contributed by atoms with E-state index < -0.39 is 0 Å². The summed E-state index contributed by atoms with van der Waals surface area (Å²) in [6, 6.07) is 0. The number of nitrogens with zero attached hydrogens (tertiary/aromatic N) is 1. The minimum atomic E-state index is 0.0866. The fraction of sp³-hybridized carbons (Fsp3) is 0. The van der Waals surface area contributed by atoms with Crippen LogP contribution in [-0.2, 0) is 0 Å². The lowest BCUT2D eigenvalue weighted by Gasteiger charge is -1.77. The van der Waals surface area contributed by atoms with Gasteiger partial charge in [0.05, 0.1) is 6.08 Å². The van der Waals surface area contributed by atoms with Crippen LogP contribution in [0.3, 0.4) is 0 Å². The highest BCUT2D eigenvalue weighted by molar-refractivity contribution is 5.36. The van der Waals surface area contributed by atoms with Crippen LogP contribution in [0, 0.1) is 12.6 Å². The van der Waals surface area contributed by atoms with Crippen molar-refractivity contribution in [2.24, 2.45) is 0 Å². The van der Waals surface area contributed by atoms with Gasteiger partial charge in [-0.25, -0.2) is 0 Å². The highest BCUT2D eigenvalue weighted by Gasteiger charge is 2.13. The lowest BCUT2D eigenvalue weighted by Crippen LogP contribution is -1.80. The molecule has 0 amide bonds. The topological polar surface area (TPSA) is 24.6 Å².